The van der Waals surface area contributed by atoms with Crippen LogP contribution in [0.2, 0.25) is 5.02 Å². The zero-order chi connectivity index (χ0) is 20.0. The van der Waals surface area contributed by atoms with Crippen molar-refractivity contribution in [3.8, 4) is 17.2 Å². The Morgan fingerprint density at radius 1 is 1.07 bits per heavy atom. The smallest absolute Gasteiger partial charge is 0.289 e. The lowest BCUT2D eigenvalue weighted by molar-refractivity contribution is 0.104. The molecule has 27 heavy (non-hydrogen) atoms. The standard InChI is InChI=1S/C19H17ClF2O4S/c1-24-15-10-12(5-7-17(15)27-19(21)22)14(23)6-4-11-8-13(20)18(26-3)16(9-11)25-2/h4-10,19H,1-3H3. The largest absolute Gasteiger partial charge is 0.496 e. The third-order valence-electron chi connectivity index (χ3n) is 3.55. The lowest BCUT2D eigenvalue weighted by Gasteiger charge is -2.10. The Balaban J connectivity index is 2.25. The fourth-order valence-corrected chi connectivity index (χ4v) is 3.21. The highest BCUT2D eigenvalue weighted by atomic mass is 35.5. The molecule has 0 aliphatic carbocycles. The first-order valence-electron chi connectivity index (χ1n) is 7.66. The van der Waals surface area contributed by atoms with Crippen LogP contribution in [0.3, 0.4) is 0 Å². The van der Waals surface area contributed by atoms with E-state index < -0.39 is 5.76 Å². The molecule has 0 bridgehead atoms. The van der Waals surface area contributed by atoms with Gasteiger partial charge in [0.05, 0.1) is 31.2 Å². The number of thioether (sulfide) groups is 1. The molecule has 0 saturated carbocycles. The second-order valence-corrected chi connectivity index (χ2v) is 6.62. The van der Waals surface area contributed by atoms with Crippen molar-refractivity contribution in [3.63, 3.8) is 0 Å². The van der Waals surface area contributed by atoms with Crippen molar-refractivity contribution in [1.82, 2.24) is 0 Å². The van der Waals surface area contributed by atoms with E-state index in [1.54, 1.807) is 18.2 Å². The predicted octanol–water partition coefficient (Wildman–Crippen LogP) is 5.58. The maximum absolute atomic E-state index is 12.6. The number of allylic oxidation sites excluding steroid dienone is 1. The molecule has 2 rings (SSSR count). The number of hydrogen-bond donors (Lipinski definition) is 0. The number of halogens is 3. The first-order valence-corrected chi connectivity index (χ1v) is 8.92. The van der Waals surface area contributed by atoms with Crippen LogP contribution in [-0.4, -0.2) is 32.9 Å². The van der Waals surface area contributed by atoms with Gasteiger partial charge in [-0.1, -0.05) is 29.4 Å². The summed E-state index contributed by atoms with van der Waals surface area (Å²) >= 11 is 6.50. The van der Waals surface area contributed by atoms with Crippen LogP contribution in [0.5, 0.6) is 17.2 Å². The summed E-state index contributed by atoms with van der Waals surface area (Å²) in [7, 11) is 4.32. The number of methoxy groups -OCH3 is 3. The van der Waals surface area contributed by atoms with E-state index in [0.717, 1.165) is 0 Å². The van der Waals surface area contributed by atoms with Crippen LogP contribution in [-0.2, 0) is 0 Å². The van der Waals surface area contributed by atoms with Gasteiger partial charge in [0.1, 0.15) is 5.75 Å². The Morgan fingerprint density at radius 2 is 1.78 bits per heavy atom. The molecule has 0 heterocycles. The van der Waals surface area contributed by atoms with E-state index in [0.29, 0.717) is 39.4 Å². The molecule has 8 heteroatoms. The van der Waals surface area contributed by atoms with Gasteiger partial charge >= 0.3 is 0 Å². The fourth-order valence-electron chi connectivity index (χ4n) is 2.32. The quantitative estimate of drug-likeness (QED) is 0.320. The molecule has 0 N–H and O–H groups in total. The molecule has 0 aliphatic rings. The molecule has 0 spiro atoms. The van der Waals surface area contributed by atoms with E-state index in [2.05, 4.69) is 0 Å². The number of alkyl halides is 2. The first kappa shape index (κ1) is 21.1. The molecule has 0 aromatic heterocycles. The zero-order valence-corrected chi connectivity index (χ0v) is 16.4. The summed E-state index contributed by atoms with van der Waals surface area (Å²) in [6.45, 7) is 0. The predicted molar refractivity (Wildman–Crippen MR) is 103 cm³/mol. The van der Waals surface area contributed by atoms with Crippen molar-refractivity contribution in [2.24, 2.45) is 0 Å². The van der Waals surface area contributed by atoms with Crippen molar-refractivity contribution >= 4 is 35.2 Å². The first-order chi connectivity index (χ1) is 12.9. The van der Waals surface area contributed by atoms with Gasteiger partial charge in [0.15, 0.2) is 17.3 Å². The van der Waals surface area contributed by atoms with E-state index in [-0.39, 0.29) is 16.4 Å². The van der Waals surface area contributed by atoms with Gasteiger partial charge in [0.25, 0.3) is 5.76 Å². The number of benzene rings is 2. The van der Waals surface area contributed by atoms with Gasteiger partial charge < -0.3 is 14.2 Å². The highest BCUT2D eigenvalue weighted by molar-refractivity contribution is 7.99. The minimum atomic E-state index is -2.57. The number of carbonyl (C=O) groups is 1. The number of ketones is 1. The van der Waals surface area contributed by atoms with E-state index in [1.165, 1.54) is 45.6 Å². The Bertz CT molecular complexity index is 856. The van der Waals surface area contributed by atoms with Gasteiger partial charge in [0.2, 0.25) is 0 Å². The molecule has 0 aliphatic heterocycles. The van der Waals surface area contributed by atoms with Crippen LogP contribution in [0.4, 0.5) is 8.78 Å². The van der Waals surface area contributed by atoms with E-state index in [9.17, 15) is 13.6 Å². The molecule has 0 radical (unpaired) electrons. The molecule has 0 atom stereocenters. The second kappa shape index (κ2) is 9.62. The van der Waals surface area contributed by atoms with Gasteiger partial charge in [-0.3, -0.25) is 4.79 Å². The molecule has 0 amide bonds. The second-order valence-electron chi connectivity index (χ2n) is 5.18. The normalized spacial score (nSPS) is 11.1. The summed E-state index contributed by atoms with van der Waals surface area (Å²) in [5, 5.41) is 0.346. The van der Waals surface area contributed by atoms with Crippen molar-refractivity contribution in [3.05, 3.63) is 52.6 Å². The number of rotatable bonds is 8. The summed E-state index contributed by atoms with van der Waals surface area (Å²) in [6.07, 6.45) is 2.93. The number of hydrogen-bond acceptors (Lipinski definition) is 5. The SMILES string of the molecule is COc1cc(C(=O)C=Cc2cc(Cl)c(OC)c(OC)c2)ccc1SC(F)F. The Morgan fingerprint density at radius 3 is 2.37 bits per heavy atom. The summed E-state index contributed by atoms with van der Waals surface area (Å²) in [6, 6.07) is 7.65. The minimum absolute atomic E-state index is 0.216. The molecule has 0 saturated heterocycles. The third-order valence-corrected chi connectivity index (χ3v) is 4.60. The zero-order valence-electron chi connectivity index (χ0n) is 14.8. The summed E-state index contributed by atoms with van der Waals surface area (Å²) < 4.78 is 40.6. The van der Waals surface area contributed by atoms with Crippen LogP contribution < -0.4 is 14.2 Å². The Kier molecular flexibility index (Phi) is 7.50. The van der Waals surface area contributed by atoms with Crippen LogP contribution >= 0.6 is 23.4 Å². The highest BCUT2D eigenvalue weighted by Gasteiger charge is 2.14. The number of ether oxygens (including phenoxy) is 3. The van der Waals surface area contributed by atoms with Crippen LogP contribution in [0.25, 0.3) is 6.08 Å². The molecular formula is C19H17ClF2O4S. The molecule has 2 aromatic carbocycles. The average molecular weight is 415 g/mol. The molecule has 2 aromatic rings. The van der Waals surface area contributed by atoms with E-state index >= 15 is 0 Å². The molecule has 0 unspecified atom stereocenters. The van der Waals surface area contributed by atoms with Gasteiger partial charge in [0, 0.05) is 5.56 Å². The Hall–Kier alpha value is -2.25. The maximum Gasteiger partial charge on any atom is 0.289 e. The highest BCUT2D eigenvalue weighted by Crippen LogP contribution is 2.37. The topological polar surface area (TPSA) is 44.8 Å². The van der Waals surface area contributed by atoms with Crippen molar-refractivity contribution in [2.75, 3.05) is 21.3 Å². The van der Waals surface area contributed by atoms with Crippen LogP contribution in [0, 0.1) is 0 Å². The third kappa shape index (κ3) is 5.37. The Labute approximate surface area is 165 Å². The van der Waals surface area contributed by atoms with E-state index in [4.69, 9.17) is 25.8 Å². The van der Waals surface area contributed by atoms with Crippen molar-refractivity contribution in [2.45, 2.75) is 10.7 Å². The van der Waals surface area contributed by atoms with Gasteiger partial charge in [-0.05, 0) is 42.0 Å². The lowest BCUT2D eigenvalue weighted by Crippen LogP contribution is -1.97. The summed E-state index contributed by atoms with van der Waals surface area (Å²) in [5.41, 5.74) is 0.955. The average Bonchev–Trinajstić information content (AvgIpc) is 2.65. The van der Waals surface area contributed by atoms with Gasteiger partial charge in [-0.25, -0.2) is 0 Å². The summed E-state index contributed by atoms with van der Waals surface area (Å²) in [5.74, 6) is -1.83. The molecule has 0 fully saturated rings. The summed E-state index contributed by atoms with van der Waals surface area (Å²) in [4.78, 5) is 12.7. The number of carbonyl (C=O) groups excluding carboxylic acids is 1. The lowest BCUT2D eigenvalue weighted by atomic mass is 10.1. The maximum atomic E-state index is 12.6. The van der Waals surface area contributed by atoms with Gasteiger partial charge in [-0.2, -0.15) is 8.78 Å². The van der Waals surface area contributed by atoms with Crippen molar-refractivity contribution < 1.29 is 27.8 Å². The monoisotopic (exact) mass is 414 g/mol. The van der Waals surface area contributed by atoms with Crippen LogP contribution in [0.1, 0.15) is 15.9 Å². The molecule has 144 valence electrons. The molecule has 4 nitrogen and oxygen atoms in total. The van der Waals surface area contributed by atoms with Gasteiger partial charge in [-0.15, -0.1) is 0 Å². The van der Waals surface area contributed by atoms with E-state index in [1.807, 2.05) is 0 Å². The fraction of sp³-hybridized carbons (Fsp3) is 0.211. The van der Waals surface area contributed by atoms with Crippen LogP contribution in [0.15, 0.2) is 41.3 Å². The van der Waals surface area contributed by atoms with Crippen molar-refractivity contribution in [1.29, 1.82) is 0 Å². The minimum Gasteiger partial charge on any atom is -0.496 e. The molecular weight excluding hydrogens is 398 g/mol.